The number of amides is 4. The van der Waals surface area contributed by atoms with E-state index in [1.165, 1.54) is 11.2 Å². The lowest BCUT2D eigenvalue weighted by atomic mass is 9.83. The fourth-order valence-corrected chi connectivity index (χ4v) is 7.32. The maximum atomic E-state index is 14.3. The van der Waals surface area contributed by atoms with Crippen LogP contribution in [-0.2, 0) is 36.8 Å². The third kappa shape index (κ3) is 11.4. The quantitative estimate of drug-likeness (QED) is 0.103. The van der Waals surface area contributed by atoms with Crippen LogP contribution in [-0.4, -0.2) is 101 Å². The molecule has 4 amide bonds. The van der Waals surface area contributed by atoms with Gasteiger partial charge in [0.1, 0.15) is 24.4 Å². The molecule has 1 aromatic heterocycles. The number of hydrogen-bond donors (Lipinski definition) is 7. The Labute approximate surface area is 307 Å². The number of aromatic nitrogens is 2. The summed E-state index contributed by atoms with van der Waals surface area (Å²) in [6, 6.07) is 5.13. The Morgan fingerprint density at radius 1 is 1.02 bits per heavy atom. The lowest BCUT2D eigenvalue weighted by molar-refractivity contribution is -0.139. The number of carbonyl (C=O) groups is 5. The maximum absolute atomic E-state index is 14.3. The van der Waals surface area contributed by atoms with Crippen molar-refractivity contribution in [3.8, 4) is 0 Å². The van der Waals surface area contributed by atoms with Crippen molar-refractivity contribution in [2.45, 2.75) is 115 Å². The van der Waals surface area contributed by atoms with Crippen molar-refractivity contribution in [1.82, 2.24) is 36.1 Å². The molecule has 2 aromatic rings. The molecule has 2 saturated heterocycles. The predicted octanol–water partition coefficient (Wildman–Crippen LogP) is 0.956. The number of likely N-dealkylation sites (tertiary alicyclic amines) is 1. The minimum Gasteiger partial charge on any atom is -0.348 e. The van der Waals surface area contributed by atoms with Crippen LogP contribution in [0.5, 0.6) is 0 Å². The Kier molecular flexibility index (Phi) is 15.8. The van der Waals surface area contributed by atoms with Gasteiger partial charge in [0.15, 0.2) is 0 Å². The van der Waals surface area contributed by atoms with Gasteiger partial charge in [0.2, 0.25) is 23.6 Å². The van der Waals surface area contributed by atoms with E-state index in [1.54, 1.807) is 6.20 Å². The minimum atomic E-state index is -1.04. The van der Waals surface area contributed by atoms with Gasteiger partial charge >= 0.3 is 0 Å². The van der Waals surface area contributed by atoms with Crippen LogP contribution in [0.2, 0.25) is 0 Å². The summed E-state index contributed by atoms with van der Waals surface area (Å²) in [4.78, 5) is 75.9. The highest BCUT2D eigenvalue weighted by molar-refractivity contribution is 5.95. The van der Waals surface area contributed by atoms with Crippen LogP contribution >= 0.6 is 0 Å². The highest BCUT2D eigenvalue weighted by atomic mass is 16.2. The summed E-state index contributed by atoms with van der Waals surface area (Å²) in [6.07, 6.45) is 8.94. The Bertz CT molecular complexity index is 1440. The maximum Gasteiger partial charge on any atom is 0.246 e. The van der Waals surface area contributed by atoms with E-state index >= 15 is 0 Å². The van der Waals surface area contributed by atoms with Crippen molar-refractivity contribution in [1.29, 1.82) is 0 Å². The first-order chi connectivity index (χ1) is 25.0. The van der Waals surface area contributed by atoms with E-state index in [2.05, 4.69) is 38.2 Å². The number of nitrogens with one attached hydrogen (secondary N) is 5. The second-order valence-corrected chi connectivity index (χ2v) is 14.7. The Balaban J connectivity index is 1.55. The van der Waals surface area contributed by atoms with E-state index in [1.807, 2.05) is 44.2 Å². The van der Waals surface area contributed by atoms with Crippen LogP contribution in [0.15, 0.2) is 42.9 Å². The number of piperidine rings is 1. The first kappa shape index (κ1) is 40.6. The number of benzene rings is 1. The van der Waals surface area contributed by atoms with Gasteiger partial charge in [0, 0.05) is 30.9 Å². The summed E-state index contributed by atoms with van der Waals surface area (Å²) >= 11 is 0. The minimum absolute atomic E-state index is 0.0522. The second-order valence-electron chi connectivity index (χ2n) is 14.7. The summed E-state index contributed by atoms with van der Waals surface area (Å²) < 4.78 is 0. The standard InChI is InChI=1S/C38H59N9O5/c1-4-25(3)34(46-35(49)30(40)18-26-9-6-5-7-10-26)37(51)44-31(13-12-27(20-39)32-17-24(2)14-15-42-32)36(50)45-33(19-28-21-41-23-43-28)38(52)47-16-8-11-29(47)22-48/h5-7,9-10,21-25,27,29-34,42H,4,8,11-20,39-40H2,1-3H3,(H,41,43)(H,44,51)(H,45,50)(H,46,49)/t24?,25-,27?,29-,30+,31-,32?,33+,34-/m0/s1. The monoisotopic (exact) mass is 721 g/mol. The number of nitrogens with zero attached hydrogens (tertiary/aromatic N) is 2. The molecular formula is C38H59N9O5. The van der Waals surface area contributed by atoms with Gasteiger partial charge < -0.3 is 47.4 Å². The average molecular weight is 722 g/mol. The largest absolute Gasteiger partial charge is 0.348 e. The highest BCUT2D eigenvalue weighted by Crippen LogP contribution is 2.24. The van der Waals surface area contributed by atoms with Gasteiger partial charge in [-0.15, -0.1) is 0 Å². The number of carbonyl (C=O) groups excluding carboxylic acids is 5. The van der Waals surface area contributed by atoms with Crippen molar-refractivity contribution < 1.29 is 24.0 Å². The number of H-pyrrole nitrogens is 1. The predicted molar refractivity (Wildman–Crippen MR) is 198 cm³/mol. The average Bonchev–Trinajstić information content (AvgIpc) is 3.85. The van der Waals surface area contributed by atoms with E-state index in [0.717, 1.165) is 31.2 Å². The molecule has 14 heteroatoms. The third-order valence-electron chi connectivity index (χ3n) is 10.8. The summed E-state index contributed by atoms with van der Waals surface area (Å²) in [5.74, 6) is -1.57. The van der Waals surface area contributed by atoms with Gasteiger partial charge in [0.05, 0.1) is 18.4 Å². The molecule has 0 bridgehead atoms. The number of aldehydes is 1. The fourth-order valence-electron chi connectivity index (χ4n) is 7.32. The normalized spacial score (nSPS) is 22.3. The van der Waals surface area contributed by atoms with Crippen molar-refractivity contribution >= 4 is 29.9 Å². The topological polar surface area (TPSA) is 217 Å². The number of aromatic amines is 1. The smallest absolute Gasteiger partial charge is 0.246 e. The molecule has 9 N–H and O–H groups in total. The second kappa shape index (κ2) is 20.2. The zero-order chi connectivity index (χ0) is 37.6. The zero-order valence-corrected chi connectivity index (χ0v) is 30.9. The lowest BCUT2D eigenvalue weighted by Crippen LogP contribution is -2.60. The van der Waals surface area contributed by atoms with Crippen LogP contribution in [0.25, 0.3) is 0 Å². The highest BCUT2D eigenvalue weighted by Gasteiger charge is 2.37. The Hall–Kier alpha value is -4.14. The molecule has 286 valence electrons. The van der Waals surface area contributed by atoms with Crippen LogP contribution in [0.4, 0.5) is 0 Å². The van der Waals surface area contributed by atoms with E-state index in [9.17, 15) is 24.0 Å². The van der Waals surface area contributed by atoms with Crippen molar-refractivity contribution in [2.24, 2.45) is 29.2 Å². The van der Waals surface area contributed by atoms with Crippen LogP contribution in [0.1, 0.15) is 77.0 Å². The molecule has 3 unspecified atom stereocenters. The molecule has 1 aromatic carbocycles. The summed E-state index contributed by atoms with van der Waals surface area (Å²) in [7, 11) is 0. The van der Waals surface area contributed by atoms with Crippen molar-refractivity contribution in [3.63, 3.8) is 0 Å². The number of imidazole rings is 1. The molecule has 0 aliphatic carbocycles. The Morgan fingerprint density at radius 2 is 1.77 bits per heavy atom. The molecule has 2 aliphatic heterocycles. The Morgan fingerprint density at radius 3 is 2.42 bits per heavy atom. The first-order valence-corrected chi connectivity index (χ1v) is 18.9. The van der Waals surface area contributed by atoms with Crippen molar-refractivity contribution in [3.05, 3.63) is 54.1 Å². The van der Waals surface area contributed by atoms with E-state index < -0.39 is 47.9 Å². The first-order valence-electron chi connectivity index (χ1n) is 18.9. The molecule has 9 atom stereocenters. The van der Waals surface area contributed by atoms with Gasteiger partial charge in [-0.3, -0.25) is 19.2 Å². The molecule has 2 fully saturated rings. The SMILES string of the molecule is CC[C@H](C)[C@H](NC(=O)[C@H](N)Cc1ccccc1)C(=O)N[C@@H](CCC(CN)C1CC(C)CCN1)C(=O)N[C@H](Cc1cnc[nH]1)C(=O)N1CCC[C@H]1C=O. The van der Waals surface area contributed by atoms with Crippen LogP contribution in [0, 0.1) is 17.8 Å². The molecule has 0 saturated carbocycles. The summed E-state index contributed by atoms with van der Waals surface area (Å²) in [6.45, 7) is 7.71. The summed E-state index contributed by atoms with van der Waals surface area (Å²) in [5.41, 5.74) is 14.1. The molecular weight excluding hydrogens is 662 g/mol. The van der Waals surface area contributed by atoms with Crippen LogP contribution in [0.3, 0.4) is 0 Å². The third-order valence-corrected chi connectivity index (χ3v) is 10.8. The molecule has 0 radical (unpaired) electrons. The van der Waals surface area contributed by atoms with E-state index in [-0.39, 0.29) is 36.6 Å². The molecule has 0 spiro atoms. The van der Waals surface area contributed by atoms with E-state index in [4.69, 9.17) is 11.5 Å². The van der Waals surface area contributed by atoms with Gasteiger partial charge in [-0.2, -0.15) is 0 Å². The van der Waals surface area contributed by atoms with E-state index in [0.29, 0.717) is 56.8 Å². The number of rotatable bonds is 19. The molecule has 14 nitrogen and oxygen atoms in total. The van der Waals surface area contributed by atoms with Gasteiger partial charge in [-0.05, 0) is 81.4 Å². The fraction of sp³-hybridized carbons (Fsp3) is 0.632. The summed E-state index contributed by atoms with van der Waals surface area (Å²) in [5, 5.41) is 12.3. The molecule has 52 heavy (non-hydrogen) atoms. The molecule has 2 aliphatic rings. The zero-order valence-electron chi connectivity index (χ0n) is 30.9. The molecule has 3 heterocycles. The number of hydrogen-bond acceptors (Lipinski definition) is 9. The van der Waals surface area contributed by atoms with Gasteiger partial charge in [0.25, 0.3) is 0 Å². The number of nitrogens with two attached hydrogens (primary N) is 2. The lowest BCUT2D eigenvalue weighted by Gasteiger charge is -2.35. The van der Waals surface area contributed by atoms with Crippen LogP contribution < -0.4 is 32.7 Å². The van der Waals surface area contributed by atoms with Gasteiger partial charge in [-0.25, -0.2) is 4.98 Å². The molecule has 4 rings (SSSR count). The van der Waals surface area contributed by atoms with Gasteiger partial charge in [-0.1, -0.05) is 57.5 Å². The van der Waals surface area contributed by atoms with Crippen molar-refractivity contribution in [2.75, 3.05) is 19.6 Å².